The molecule has 0 bridgehead atoms. The van der Waals surface area contributed by atoms with Crippen molar-refractivity contribution in [2.75, 3.05) is 5.73 Å². The van der Waals surface area contributed by atoms with Gasteiger partial charge in [-0.05, 0) is 6.07 Å². The molecule has 1 rings (SSSR count). The predicted octanol–water partition coefficient (Wildman–Crippen LogP) is 3.88. The Morgan fingerprint density at radius 1 is 1.20 bits per heavy atom. The lowest BCUT2D eigenvalue weighted by molar-refractivity contribution is -0.137. The van der Waals surface area contributed by atoms with Gasteiger partial charge in [-0.15, -0.1) is 0 Å². The van der Waals surface area contributed by atoms with Crippen LogP contribution in [-0.4, -0.2) is 0 Å². The summed E-state index contributed by atoms with van der Waals surface area (Å²) in [5.41, 5.74) is 2.42. The first kappa shape index (κ1) is 12.0. The molecule has 1 aromatic carbocycles. The Morgan fingerprint density at radius 2 is 1.73 bits per heavy atom. The number of anilines is 1. The Morgan fingerprint density at radius 3 is 2.13 bits per heavy atom. The van der Waals surface area contributed by atoms with Gasteiger partial charge in [0.2, 0.25) is 0 Å². The van der Waals surface area contributed by atoms with Gasteiger partial charge in [0.15, 0.2) is 0 Å². The lowest BCUT2D eigenvalue weighted by atomic mass is 10.1. The molecular formula is C8H5ClF5N. The average molecular weight is 246 g/mol. The summed E-state index contributed by atoms with van der Waals surface area (Å²) in [4.78, 5) is 0. The number of nitrogens with two attached hydrogens (primary N) is 1. The molecule has 7 heteroatoms. The normalized spacial score (nSPS) is 12.2. The van der Waals surface area contributed by atoms with Gasteiger partial charge >= 0.3 is 6.18 Å². The predicted molar refractivity (Wildman–Crippen MR) is 45.8 cm³/mol. The van der Waals surface area contributed by atoms with Gasteiger partial charge in [-0.25, -0.2) is 8.78 Å². The summed E-state index contributed by atoms with van der Waals surface area (Å²) in [5.74, 6) is 0. The Bertz CT molecular complexity index is 374. The maximum atomic E-state index is 12.2. The van der Waals surface area contributed by atoms with Crippen LogP contribution in [0.4, 0.5) is 27.6 Å². The topological polar surface area (TPSA) is 26.0 Å². The van der Waals surface area contributed by atoms with Crippen molar-refractivity contribution in [3.05, 3.63) is 28.3 Å². The number of hydrogen-bond donors (Lipinski definition) is 1. The van der Waals surface area contributed by atoms with Crippen molar-refractivity contribution in [1.29, 1.82) is 0 Å². The van der Waals surface area contributed by atoms with E-state index in [1.54, 1.807) is 0 Å². The molecule has 0 aliphatic carbocycles. The van der Waals surface area contributed by atoms with Crippen molar-refractivity contribution in [1.82, 2.24) is 0 Å². The van der Waals surface area contributed by atoms with Crippen LogP contribution < -0.4 is 5.73 Å². The highest BCUT2D eigenvalue weighted by Gasteiger charge is 2.34. The average Bonchev–Trinajstić information content (AvgIpc) is 2.06. The Kier molecular flexibility index (Phi) is 3.08. The molecule has 84 valence electrons. The fraction of sp³-hybridized carbons (Fsp3) is 0.250. The number of nitrogen functional groups attached to an aromatic ring is 1. The van der Waals surface area contributed by atoms with E-state index in [4.69, 9.17) is 17.3 Å². The van der Waals surface area contributed by atoms with E-state index < -0.39 is 34.4 Å². The number of benzene rings is 1. The fourth-order valence-electron chi connectivity index (χ4n) is 1.02. The number of alkyl halides is 5. The molecule has 2 N–H and O–H groups in total. The highest BCUT2D eigenvalue weighted by atomic mass is 35.5. The molecule has 0 atom stereocenters. The van der Waals surface area contributed by atoms with E-state index in [-0.39, 0.29) is 0 Å². The van der Waals surface area contributed by atoms with Crippen LogP contribution in [0, 0.1) is 0 Å². The summed E-state index contributed by atoms with van der Waals surface area (Å²) >= 11 is 5.25. The minimum absolute atomic E-state index is 0.486. The van der Waals surface area contributed by atoms with Crippen LogP contribution in [-0.2, 0) is 6.18 Å². The number of rotatable bonds is 1. The van der Waals surface area contributed by atoms with Gasteiger partial charge in [-0.1, -0.05) is 17.7 Å². The van der Waals surface area contributed by atoms with Crippen LogP contribution in [0.3, 0.4) is 0 Å². The van der Waals surface area contributed by atoms with E-state index in [1.165, 1.54) is 0 Å². The van der Waals surface area contributed by atoms with Gasteiger partial charge in [0.25, 0.3) is 6.43 Å². The molecule has 0 unspecified atom stereocenters. The lowest BCUT2D eigenvalue weighted by Crippen LogP contribution is -2.08. The second kappa shape index (κ2) is 3.84. The highest BCUT2D eigenvalue weighted by Crippen LogP contribution is 2.40. The maximum Gasteiger partial charge on any atom is 0.417 e. The number of hydrogen-bond acceptors (Lipinski definition) is 1. The zero-order valence-electron chi connectivity index (χ0n) is 7.08. The third kappa shape index (κ3) is 2.31. The standard InChI is InChI=1S/C8H5ClF5N/c9-5-4(8(12,13)14)2-1-3(6(5)15)7(10)11/h1-2,7H,15H2. The zero-order valence-corrected chi connectivity index (χ0v) is 7.83. The SMILES string of the molecule is Nc1c(C(F)F)ccc(C(F)(F)F)c1Cl. The molecule has 1 nitrogen and oxygen atoms in total. The molecule has 0 saturated heterocycles. The second-order valence-electron chi connectivity index (χ2n) is 2.73. The number of halogens is 6. The summed E-state index contributed by atoms with van der Waals surface area (Å²) in [6.45, 7) is 0. The van der Waals surface area contributed by atoms with Gasteiger partial charge in [0.1, 0.15) is 0 Å². The quantitative estimate of drug-likeness (QED) is 0.590. The molecule has 0 radical (unpaired) electrons. The van der Waals surface area contributed by atoms with E-state index in [9.17, 15) is 22.0 Å². The minimum Gasteiger partial charge on any atom is -0.397 e. The van der Waals surface area contributed by atoms with E-state index in [2.05, 4.69) is 0 Å². The summed E-state index contributed by atoms with van der Waals surface area (Å²) < 4.78 is 61.1. The second-order valence-corrected chi connectivity index (χ2v) is 3.11. The first-order valence-corrected chi connectivity index (χ1v) is 4.06. The molecule has 0 fully saturated rings. The zero-order chi connectivity index (χ0) is 11.8. The molecule has 0 saturated carbocycles. The molecule has 0 spiro atoms. The molecule has 1 aromatic rings. The van der Waals surface area contributed by atoms with Crippen LogP contribution in [0.25, 0.3) is 0 Å². The van der Waals surface area contributed by atoms with Gasteiger partial charge < -0.3 is 5.73 Å². The van der Waals surface area contributed by atoms with Gasteiger partial charge in [0, 0.05) is 5.56 Å². The smallest absolute Gasteiger partial charge is 0.397 e. The molecule has 15 heavy (non-hydrogen) atoms. The maximum absolute atomic E-state index is 12.2. The van der Waals surface area contributed by atoms with Crippen LogP contribution in [0.15, 0.2) is 12.1 Å². The third-order valence-corrected chi connectivity index (χ3v) is 2.16. The molecule has 0 aromatic heterocycles. The van der Waals surface area contributed by atoms with Crippen LogP contribution in [0.5, 0.6) is 0 Å². The van der Waals surface area contributed by atoms with Crippen LogP contribution in [0.2, 0.25) is 5.02 Å². The molecule has 0 aliphatic heterocycles. The van der Waals surface area contributed by atoms with E-state index >= 15 is 0 Å². The fourth-order valence-corrected chi connectivity index (χ4v) is 1.30. The Balaban J connectivity index is 3.34. The van der Waals surface area contributed by atoms with Crippen LogP contribution in [0.1, 0.15) is 17.6 Å². The Hall–Kier alpha value is -1.04. The van der Waals surface area contributed by atoms with Gasteiger partial charge in [-0.2, -0.15) is 13.2 Å². The summed E-state index contributed by atoms with van der Waals surface area (Å²) in [6.07, 6.45) is -7.66. The summed E-state index contributed by atoms with van der Waals surface area (Å²) in [7, 11) is 0. The minimum atomic E-state index is -4.70. The van der Waals surface area contributed by atoms with Crippen molar-refractivity contribution in [3.63, 3.8) is 0 Å². The first-order chi connectivity index (χ1) is 6.75. The van der Waals surface area contributed by atoms with Crippen molar-refractivity contribution in [3.8, 4) is 0 Å². The molecule has 0 amide bonds. The largest absolute Gasteiger partial charge is 0.417 e. The highest BCUT2D eigenvalue weighted by molar-refractivity contribution is 6.34. The summed E-state index contributed by atoms with van der Waals surface area (Å²) in [6, 6.07) is 1.11. The third-order valence-electron chi connectivity index (χ3n) is 1.75. The van der Waals surface area contributed by atoms with Crippen molar-refractivity contribution in [2.45, 2.75) is 12.6 Å². The van der Waals surface area contributed by atoms with E-state index in [1.807, 2.05) is 0 Å². The van der Waals surface area contributed by atoms with E-state index in [0.29, 0.717) is 12.1 Å². The molecular weight excluding hydrogens is 241 g/mol. The van der Waals surface area contributed by atoms with Gasteiger partial charge in [0.05, 0.1) is 16.3 Å². The monoisotopic (exact) mass is 245 g/mol. The van der Waals surface area contributed by atoms with Crippen molar-refractivity contribution in [2.24, 2.45) is 0 Å². The lowest BCUT2D eigenvalue weighted by Gasteiger charge is -2.13. The molecule has 0 heterocycles. The summed E-state index contributed by atoms with van der Waals surface area (Å²) in [5, 5.41) is -0.889. The van der Waals surface area contributed by atoms with Crippen LogP contribution >= 0.6 is 11.6 Å². The van der Waals surface area contributed by atoms with Gasteiger partial charge in [-0.3, -0.25) is 0 Å². The van der Waals surface area contributed by atoms with E-state index in [0.717, 1.165) is 0 Å². The van der Waals surface area contributed by atoms with Crippen molar-refractivity contribution >= 4 is 17.3 Å². The first-order valence-electron chi connectivity index (χ1n) is 3.68. The molecule has 0 aliphatic rings. The van der Waals surface area contributed by atoms with Crippen molar-refractivity contribution < 1.29 is 22.0 Å². The Labute approximate surface area is 86.6 Å².